The molecule has 11 atom stereocenters. The van der Waals surface area contributed by atoms with Crippen molar-refractivity contribution in [1.82, 2.24) is 0 Å². The lowest BCUT2D eigenvalue weighted by atomic mass is 9.47. The summed E-state index contributed by atoms with van der Waals surface area (Å²) in [5.41, 5.74) is 2.33. The Morgan fingerprint density at radius 2 is 2.00 bits per heavy atom. The van der Waals surface area contributed by atoms with Gasteiger partial charge >= 0.3 is 0 Å². The van der Waals surface area contributed by atoms with Gasteiger partial charge in [-0.25, -0.2) is 0 Å². The van der Waals surface area contributed by atoms with Crippen molar-refractivity contribution in [3.8, 4) is 0 Å². The van der Waals surface area contributed by atoms with E-state index in [0.717, 1.165) is 43.4 Å². The van der Waals surface area contributed by atoms with Gasteiger partial charge in [0.25, 0.3) is 0 Å². The number of aliphatic hydroxyl groups is 2. The Morgan fingerprint density at radius 3 is 2.77 bits per heavy atom. The number of hydrogen-bond acceptors (Lipinski definition) is 3. The molecule has 0 radical (unpaired) electrons. The molecule has 0 aromatic rings. The van der Waals surface area contributed by atoms with Gasteiger partial charge in [-0.1, -0.05) is 39.3 Å². The fourth-order valence-corrected chi connectivity index (χ4v) is 9.20. The Morgan fingerprint density at radius 1 is 1.20 bits per heavy atom. The highest BCUT2D eigenvalue weighted by Gasteiger charge is 2.64. The summed E-state index contributed by atoms with van der Waals surface area (Å²) in [6.45, 7) is 10.0. The molecular formula is C27H44O3. The standard InChI is InChI=1S/C27H44O3/c1-16(15-28)5-8-23-17(2)25-24(30-23)14-22-20-7-6-18-13-19(29)9-11-26(18,3)21(20)10-12-27(22,25)4/h6,16-17,19-25,28-29H,5,7-15H2,1-4H3/t16-,17?,19?,20?,21?,22?,23?,24?,25?,26?,27?/m1/s1. The highest BCUT2D eigenvalue weighted by molar-refractivity contribution is 5.26. The maximum Gasteiger partial charge on any atom is 0.0618 e. The van der Waals surface area contributed by atoms with Crippen molar-refractivity contribution in [2.75, 3.05) is 6.61 Å². The number of allylic oxidation sites excluding steroid dienone is 1. The van der Waals surface area contributed by atoms with Gasteiger partial charge < -0.3 is 14.9 Å². The van der Waals surface area contributed by atoms with Crippen LogP contribution in [0.25, 0.3) is 0 Å². The Balaban J connectivity index is 1.34. The van der Waals surface area contributed by atoms with Crippen molar-refractivity contribution in [2.45, 2.75) is 104 Å². The lowest BCUT2D eigenvalue weighted by Crippen LogP contribution is -2.51. The molecule has 0 aromatic heterocycles. The average Bonchev–Trinajstić information content (AvgIpc) is 3.20. The third-order valence-electron chi connectivity index (χ3n) is 10.9. The molecule has 1 saturated heterocycles. The second-order valence-electron chi connectivity index (χ2n) is 12.4. The molecule has 170 valence electrons. The fourth-order valence-electron chi connectivity index (χ4n) is 9.20. The summed E-state index contributed by atoms with van der Waals surface area (Å²) < 4.78 is 6.75. The molecule has 0 spiro atoms. The van der Waals surface area contributed by atoms with Crippen LogP contribution < -0.4 is 0 Å². The first-order chi connectivity index (χ1) is 14.3. The van der Waals surface area contributed by atoms with E-state index < -0.39 is 0 Å². The van der Waals surface area contributed by atoms with Gasteiger partial charge in [-0.3, -0.25) is 0 Å². The molecule has 1 aliphatic heterocycles. The van der Waals surface area contributed by atoms with Gasteiger partial charge in [0, 0.05) is 6.61 Å². The first kappa shape index (κ1) is 21.5. The number of hydrogen-bond donors (Lipinski definition) is 2. The maximum absolute atomic E-state index is 10.2. The Hall–Kier alpha value is -0.380. The van der Waals surface area contributed by atoms with E-state index >= 15 is 0 Å². The van der Waals surface area contributed by atoms with Crippen molar-refractivity contribution in [3.63, 3.8) is 0 Å². The molecule has 3 nitrogen and oxygen atoms in total. The van der Waals surface area contributed by atoms with E-state index in [9.17, 15) is 10.2 Å². The van der Waals surface area contributed by atoms with Crippen molar-refractivity contribution in [1.29, 1.82) is 0 Å². The molecule has 3 heteroatoms. The molecule has 4 fully saturated rings. The first-order valence-electron chi connectivity index (χ1n) is 12.9. The molecule has 0 amide bonds. The van der Waals surface area contributed by atoms with Gasteiger partial charge in [-0.15, -0.1) is 0 Å². The van der Waals surface area contributed by atoms with Gasteiger partial charge in [0.2, 0.25) is 0 Å². The van der Waals surface area contributed by atoms with Crippen LogP contribution >= 0.6 is 0 Å². The topological polar surface area (TPSA) is 49.7 Å². The van der Waals surface area contributed by atoms with E-state index in [-0.39, 0.29) is 6.10 Å². The molecule has 10 unspecified atom stereocenters. The third-order valence-corrected chi connectivity index (χ3v) is 10.9. The van der Waals surface area contributed by atoms with Crippen LogP contribution in [0.2, 0.25) is 0 Å². The molecule has 5 aliphatic rings. The zero-order chi connectivity index (χ0) is 21.3. The van der Waals surface area contributed by atoms with Crippen LogP contribution in [0, 0.1) is 46.3 Å². The van der Waals surface area contributed by atoms with Gasteiger partial charge in [-0.2, -0.15) is 0 Å². The number of aliphatic hydroxyl groups excluding tert-OH is 2. The largest absolute Gasteiger partial charge is 0.396 e. The summed E-state index contributed by atoms with van der Waals surface area (Å²) in [6.07, 6.45) is 13.8. The lowest BCUT2D eigenvalue weighted by molar-refractivity contribution is -0.0590. The molecule has 0 aromatic carbocycles. The van der Waals surface area contributed by atoms with E-state index in [4.69, 9.17) is 4.74 Å². The zero-order valence-electron chi connectivity index (χ0n) is 19.6. The summed E-state index contributed by atoms with van der Waals surface area (Å²) >= 11 is 0. The third kappa shape index (κ3) is 3.09. The van der Waals surface area contributed by atoms with Crippen LogP contribution in [0.3, 0.4) is 0 Å². The monoisotopic (exact) mass is 416 g/mol. The smallest absolute Gasteiger partial charge is 0.0618 e. The number of ether oxygens (including phenoxy) is 1. The van der Waals surface area contributed by atoms with Crippen molar-refractivity contribution in [2.24, 2.45) is 46.3 Å². The highest BCUT2D eigenvalue weighted by atomic mass is 16.5. The molecule has 0 bridgehead atoms. The summed E-state index contributed by atoms with van der Waals surface area (Å²) in [7, 11) is 0. The van der Waals surface area contributed by atoms with E-state index in [1.54, 1.807) is 5.57 Å². The minimum Gasteiger partial charge on any atom is -0.396 e. The first-order valence-corrected chi connectivity index (χ1v) is 12.9. The van der Waals surface area contributed by atoms with E-state index in [1.807, 2.05) is 0 Å². The predicted molar refractivity (Wildman–Crippen MR) is 120 cm³/mol. The van der Waals surface area contributed by atoms with Gasteiger partial charge in [0.1, 0.15) is 0 Å². The van der Waals surface area contributed by atoms with Gasteiger partial charge in [0.05, 0.1) is 18.3 Å². The summed E-state index contributed by atoms with van der Waals surface area (Å²) in [6, 6.07) is 0. The van der Waals surface area contributed by atoms with Crippen LogP contribution in [0.15, 0.2) is 11.6 Å². The Labute approximate surface area is 183 Å². The van der Waals surface area contributed by atoms with Crippen LogP contribution in [-0.2, 0) is 4.74 Å². The lowest BCUT2D eigenvalue weighted by Gasteiger charge is -2.58. The van der Waals surface area contributed by atoms with E-state index in [1.165, 1.54) is 32.1 Å². The molecule has 2 N–H and O–H groups in total. The van der Waals surface area contributed by atoms with Crippen molar-refractivity contribution in [3.05, 3.63) is 11.6 Å². The zero-order valence-corrected chi connectivity index (χ0v) is 19.6. The van der Waals surface area contributed by atoms with Crippen LogP contribution in [0.5, 0.6) is 0 Å². The van der Waals surface area contributed by atoms with Crippen molar-refractivity contribution >= 4 is 0 Å². The van der Waals surface area contributed by atoms with Crippen LogP contribution in [-0.4, -0.2) is 35.1 Å². The molecule has 1 heterocycles. The number of fused-ring (bicyclic) bond motifs is 7. The molecule has 4 aliphatic carbocycles. The van der Waals surface area contributed by atoms with Crippen molar-refractivity contribution < 1.29 is 14.9 Å². The predicted octanol–water partition coefficient (Wildman–Crippen LogP) is 5.35. The second-order valence-corrected chi connectivity index (χ2v) is 12.4. The second kappa shape index (κ2) is 7.59. The molecule has 3 saturated carbocycles. The summed E-state index contributed by atoms with van der Waals surface area (Å²) in [5.74, 6) is 4.15. The van der Waals surface area contributed by atoms with Crippen LogP contribution in [0.4, 0.5) is 0 Å². The highest BCUT2D eigenvalue weighted by Crippen LogP contribution is 2.69. The Kier molecular flexibility index (Phi) is 5.43. The minimum atomic E-state index is -0.111. The quantitative estimate of drug-likeness (QED) is 0.608. The normalized spacial score (nSPS) is 53.3. The van der Waals surface area contributed by atoms with E-state index in [2.05, 4.69) is 33.8 Å². The maximum atomic E-state index is 10.2. The molecule has 30 heavy (non-hydrogen) atoms. The summed E-state index contributed by atoms with van der Waals surface area (Å²) in [4.78, 5) is 0. The van der Waals surface area contributed by atoms with E-state index in [0.29, 0.717) is 47.4 Å². The minimum absolute atomic E-state index is 0.111. The average molecular weight is 417 g/mol. The number of rotatable bonds is 4. The van der Waals surface area contributed by atoms with Gasteiger partial charge in [-0.05, 0) is 104 Å². The Bertz CT molecular complexity index is 688. The molecule has 5 rings (SSSR count). The SMILES string of the molecule is CC1C(CC[C@@H](C)CO)OC2CC3C4CC=C5CC(O)CCC5(C)C4CCC3(C)C21. The van der Waals surface area contributed by atoms with Crippen LogP contribution in [0.1, 0.15) is 85.5 Å². The summed E-state index contributed by atoms with van der Waals surface area (Å²) in [5, 5.41) is 19.6. The molecular weight excluding hydrogens is 372 g/mol. The fraction of sp³-hybridized carbons (Fsp3) is 0.926. The van der Waals surface area contributed by atoms with Gasteiger partial charge in [0.15, 0.2) is 0 Å².